The van der Waals surface area contributed by atoms with E-state index in [9.17, 15) is 14.7 Å². The number of aliphatic hydroxyl groups is 1. The standard InChI is InChI=1S/C23H22N2O5/c26-14-19-22(30-15-21(27)25(19)13-16-5-2-1-3-6-16)17-8-10-18(11-9-17)24-23(28)20-7-4-12-29-20/h1-12,19,22,26H,13-15H2,(H,24,28)/t19-,22-/m1/s1. The maximum atomic E-state index is 12.5. The molecule has 0 spiro atoms. The molecule has 2 N–H and O–H groups in total. The molecule has 0 saturated carbocycles. The van der Waals surface area contributed by atoms with Gasteiger partial charge in [-0.3, -0.25) is 9.59 Å². The number of ether oxygens (including phenoxy) is 1. The van der Waals surface area contributed by atoms with Gasteiger partial charge < -0.3 is 24.5 Å². The third-order valence-corrected chi connectivity index (χ3v) is 5.08. The van der Waals surface area contributed by atoms with Crippen molar-refractivity contribution < 1.29 is 23.8 Å². The molecule has 1 aliphatic heterocycles. The first kappa shape index (κ1) is 19.9. The minimum atomic E-state index is -0.505. The van der Waals surface area contributed by atoms with Crippen molar-refractivity contribution in [3.8, 4) is 0 Å². The number of nitrogens with one attached hydrogen (secondary N) is 1. The van der Waals surface area contributed by atoms with Gasteiger partial charge >= 0.3 is 0 Å². The molecule has 0 aliphatic carbocycles. The highest BCUT2D eigenvalue weighted by Crippen LogP contribution is 2.31. The van der Waals surface area contributed by atoms with Gasteiger partial charge in [-0.25, -0.2) is 0 Å². The number of anilines is 1. The quantitative estimate of drug-likeness (QED) is 0.657. The van der Waals surface area contributed by atoms with Crippen molar-refractivity contribution >= 4 is 17.5 Å². The largest absolute Gasteiger partial charge is 0.459 e. The van der Waals surface area contributed by atoms with E-state index in [4.69, 9.17) is 9.15 Å². The van der Waals surface area contributed by atoms with Crippen LogP contribution in [0.5, 0.6) is 0 Å². The topological polar surface area (TPSA) is 92.0 Å². The van der Waals surface area contributed by atoms with Crippen LogP contribution in [0.3, 0.4) is 0 Å². The zero-order valence-corrected chi connectivity index (χ0v) is 16.2. The van der Waals surface area contributed by atoms with Crippen molar-refractivity contribution in [3.63, 3.8) is 0 Å². The Kier molecular flexibility index (Phi) is 5.92. The second kappa shape index (κ2) is 8.94. The van der Waals surface area contributed by atoms with Crippen molar-refractivity contribution in [3.05, 3.63) is 89.9 Å². The van der Waals surface area contributed by atoms with Crippen LogP contribution in [0.25, 0.3) is 0 Å². The summed E-state index contributed by atoms with van der Waals surface area (Å²) in [5.74, 6) is -0.267. The molecule has 2 atom stereocenters. The van der Waals surface area contributed by atoms with Crippen LogP contribution in [0.1, 0.15) is 27.8 Å². The summed E-state index contributed by atoms with van der Waals surface area (Å²) in [6.45, 7) is 0.132. The van der Waals surface area contributed by atoms with Crippen LogP contribution in [-0.4, -0.2) is 41.1 Å². The van der Waals surface area contributed by atoms with Gasteiger partial charge in [0.1, 0.15) is 12.7 Å². The van der Waals surface area contributed by atoms with Gasteiger partial charge in [0.25, 0.3) is 5.91 Å². The summed E-state index contributed by atoms with van der Waals surface area (Å²) in [6.07, 6.45) is 0.974. The van der Waals surface area contributed by atoms with Gasteiger partial charge in [-0.2, -0.15) is 0 Å². The molecular formula is C23H22N2O5. The van der Waals surface area contributed by atoms with Crippen molar-refractivity contribution in [2.24, 2.45) is 0 Å². The summed E-state index contributed by atoms with van der Waals surface area (Å²) < 4.78 is 10.9. The maximum Gasteiger partial charge on any atom is 0.291 e. The number of benzene rings is 2. The van der Waals surface area contributed by atoms with Crippen LogP contribution in [0.15, 0.2) is 77.4 Å². The Morgan fingerprint density at radius 2 is 1.83 bits per heavy atom. The fourth-order valence-corrected chi connectivity index (χ4v) is 3.56. The molecule has 2 aromatic carbocycles. The lowest BCUT2D eigenvalue weighted by atomic mass is 9.98. The molecular weight excluding hydrogens is 384 g/mol. The molecule has 154 valence electrons. The van der Waals surface area contributed by atoms with Crippen LogP contribution in [0.2, 0.25) is 0 Å². The van der Waals surface area contributed by atoms with Gasteiger partial charge in [-0.15, -0.1) is 0 Å². The number of aliphatic hydroxyl groups excluding tert-OH is 1. The van der Waals surface area contributed by atoms with Crippen LogP contribution < -0.4 is 5.32 Å². The summed E-state index contributed by atoms with van der Waals surface area (Å²) in [6, 6.07) is 19.5. The van der Waals surface area contributed by atoms with Crippen molar-refractivity contribution in [2.75, 3.05) is 18.5 Å². The summed E-state index contributed by atoms with van der Waals surface area (Å²) >= 11 is 0. The molecule has 2 amide bonds. The summed E-state index contributed by atoms with van der Waals surface area (Å²) in [5, 5.41) is 12.8. The molecule has 1 aromatic heterocycles. The molecule has 0 radical (unpaired) electrons. The number of hydrogen-bond donors (Lipinski definition) is 2. The molecule has 7 heteroatoms. The molecule has 7 nitrogen and oxygen atoms in total. The van der Waals surface area contributed by atoms with E-state index < -0.39 is 12.1 Å². The number of nitrogens with zero attached hydrogens (tertiary/aromatic N) is 1. The average molecular weight is 406 g/mol. The van der Waals surface area contributed by atoms with E-state index in [1.807, 2.05) is 42.5 Å². The number of rotatable bonds is 6. The van der Waals surface area contributed by atoms with Crippen molar-refractivity contribution in [1.29, 1.82) is 0 Å². The van der Waals surface area contributed by atoms with E-state index in [1.165, 1.54) is 6.26 Å². The predicted octanol–water partition coefficient (Wildman–Crippen LogP) is 2.99. The monoisotopic (exact) mass is 406 g/mol. The molecule has 3 aromatic rings. The molecule has 0 unspecified atom stereocenters. The Morgan fingerprint density at radius 3 is 2.50 bits per heavy atom. The number of morpholine rings is 1. The highest BCUT2D eigenvalue weighted by atomic mass is 16.5. The van der Waals surface area contributed by atoms with E-state index in [0.29, 0.717) is 12.2 Å². The van der Waals surface area contributed by atoms with Gasteiger partial charge in [0.15, 0.2) is 5.76 Å². The predicted molar refractivity (Wildman–Crippen MR) is 110 cm³/mol. The van der Waals surface area contributed by atoms with Crippen LogP contribution in [-0.2, 0) is 16.1 Å². The van der Waals surface area contributed by atoms with Gasteiger partial charge in [0.2, 0.25) is 5.91 Å². The SMILES string of the molecule is O=C(Nc1ccc([C@H]2OCC(=O)N(Cc3ccccc3)[C@@H]2CO)cc1)c1ccco1. The third kappa shape index (κ3) is 4.27. The smallest absolute Gasteiger partial charge is 0.291 e. The first-order valence-electron chi connectivity index (χ1n) is 9.66. The number of amides is 2. The number of carbonyl (C=O) groups excluding carboxylic acids is 2. The molecule has 1 aliphatic rings. The highest BCUT2D eigenvalue weighted by molar-refractivity contribution is 6.02. The normalized spacial score (nSPS) is 19.0. The summed E-state index contributed by atoms with van der Waals surface area (Å²) in [7, 11) is 0. The molecule has 2 heterocycles. The number of carbonyl (C=O) groups is 2. The van der Waals surface area contributed by atoms with E-state index in [2.05, 4.69) is 5.32 Å². The molecule has 1 fully saturated rings. The minimum absolute atomic E-state index is 0.0506. The molecule has 1 saturated heterocycles. The maximum absolute atomic E-state index is 12.5. The van der Waals surface area contributed by atoms with Gasteiger partial charge in [0.05, 0.1) is 18.9 Å². The van der Waals surface area contributed by atoms with Crippen molar-refractivity contribution in [2.45, 2.75) is 18.7 Å². The fraction of sp³-hybridized carbons (Fsp3) is 0.217. The summed E-state index contributed by atoms with van der Waals surface area (Å²) in [4.78, 5) is 26.2. The van der Waals surface area contributed by atoms with Gasteiger partial charge in [0, 0.05) is 12.2 Å². The second-order valence-corrected chi connectivity index (χ2v) is 7.04. The third-order valence-electron chi connectivity index (χ3n) is 5.08. The zero-order chi connectivity index (χ0) is 20.9. The van der Waals surface area contributed by atoms with Crippen LogP contribution >= 0.6 is 0 Å². The molecule has 4 rings (SSSR count). The minimum Gasteiger partial charge on any atom is -0.459 e. The van der Waals surface area contributed by atoms with E-state index in [-0.39, 0.29) is 30.8 Å². The Labute approximate surface area is 173 Å². The average Bonchev–Trinajstić information content (AvgIpc) is 3.32. The van der Waals surface area contributed by atoms with Crippen molar-refractivity contribution in [1.82, 2.24) is 4.90 Å². The Morgan fingerprint density at radius 1 is 1.07 bits per heavy atom. The first-order valence-corrected chi connectivity index (χ1v) is 9.66. The first-order chi connectivity index (χ1) is 14.7. The number of furan rings is 1. The van der Waals surface area contributed by atoms with Gasteiger partial charge in [-0.1, -0.05) is 42.5 Å². The zero-order valence-electron chi connectivity index (χ0n) is 16.2. The van der Waals surface area contributed by atoms with E-state index >= 15 is 0 Å². The number of hydrogen-bond acceptors (Lipinski definition) is 5. The molecule has 30 heavy (non-hydrogen) atoms. The lowest BCUT2D eigenvalue weighted by Gasteiger charge is -2.40. The Balaban J connectivity index is 1.49. The highest BCUT2D eigenvalue weighted by Gasteiger charge is 2.37. The van der Waals surface area contributed by atoms with E-state index in [1.54, 1.807) is 29.2 Å². The van der Waals surface area contributed by atoms with Gasteiger partial charge in [-0.05, 0) is 35.4 Å². The fourth-order valence-electron chi connectivity index (χ4n) is 3.56. The molecule has 0 bridgehead atoms. The summed E-state index contributed by atoms with van der Waals surface area (Å²) in [5.41, 5.74) is 2.41. The Hall–Kier alpha value is -3.42. The lowest BCUT2D eigenvalue weighted by molar-refractivity contribution is -0.162. The Bertz CT molecular complexity index is 986. The lowest BCUT2D eigenvalue weighted by Crippen LogP contribution is -2.52. The second-order valence-electron chi connectivity index (χ2n) is 7.04. The van der Waals surface area contributed by atoms with Crippen LogP contribution in [0, 0.1) is 0 Å². The van der Waals surface area contributed by atoms with Crippen LogP contribution in [0.4, 0.5) is 5.69 Å². The van der Waals surface area contributed by atoms with E-state index in [0.717, 1.165) is 11.1 Å².